The molecular weight excluding hydrogens is 348 g/mol. The fourth-order valence-electron chi connectivity index (χ4n) is 2.99. The summed E-state index contributed by atoms with van der Waals surface area (Å²) in [5.41, 5.74) is 0.960. The lowest BCUT2D eigenvalue weighted by molar-refractivity contribution is 0.0672. The van der Waals surface area contributed by atoms with Crippen molar-refractivity contribution in [3.8, 4) is 0 Å². The summed E-state index contributed by atoms with van der Waals surface area (Å²) in [6.45, 7) is 7.81. The number of amides is 3. The minimum Gasteiger partial charge on any atom is -0.344 e. The number of hydrogen-bond acceptors (Lipinski definition) is 4. The Hall–Kier alpha value is -2.73. The van der Waals surface area contributed by atoms with Crippen molar-refractivity contribution in [2.75, 3.05) is 6.54 Å². The van der Waals surface area contributed by atoms with Crippen LogP contribution in [-0.2, 0) is 0 Å². The first-order chi connectivity index (χ1) is 12.4. The second kappa shape index (κ2) is 7.25. The van der Waals surface area contributed by atoms with Crippen molar-refractivity contribution in [1.29, 1.82) is 0 Å². The van der Waals surface area contributed by atoms with Gasteiger partial charge in [-0.25, -0.2) is 0 Å². The largest absolute Gasteiger partial charge is 0.344 e. The van der Waals surface area contributed by atoms with Crippen molar-refractivity contribution >= 4 is 29.1 Å². The van der Waals surface area contributed by atoms with Gasteiger partial charge >= 0.3 is 0 Å². The smallest absolute Gasteiger partial charge is 0.261 e. The summed E-state index contributed by atoms with van der Waals surface area (Å²) in [7, 11) is 0. The first-order valence-electron chi connectivity index (χ1n) is 8.39. The van der Waals surface area contributed by atoms with Gasteiger partial charge in [0.2, 0.25) is 0 Å². The molecule has 26 heavy (non-hydrogen) atoms. The summed E-state index contributed by atoms with van der Waals surface area (Å²) in [5.74, 6) is -0.783. The Morgan fingerprint density at radius 1 is 1.23 bits per heavy atom. The number of nitrogens with zero attached hydrogens (tertiary/aromatic N) is 1. The molecule has 5 nitrogen and oxygen atoms in total. The summed E-state index contributed by atoms with van der Waals surface area (Å²) in [4.78, 5) is 39.6. The highest BCUT2D eigenvalue weighted by molar-refractivity contribution is 7.10. The van der Waals surface area contributed by atoms with Gasteiger partial charge in [-0.05, 0) is 35.6 Å². The van der Waals surface area contributed by atoms with E-state index in [0.717, 1.165) is 9.78 Å². The number of rotatable bonds is 6. The Balaban J connectivity index is 1.85. The zero-order chi connectivity index (χ0) is 18.8. The molecule has 1 unspecified atom stereocenters. The van der Waals surface area contributed by atoms with Crippen LogP contribution in [-0.4, -0.2) is 29.2 Å². The van der Waals surface area contributed by atoms with E-state index in [0.29, 0.717) is 11.1 Å². The van der Waals surface area contributed by atoms with E-state index in [9.17, 15) is 14.4 Å². The standard InChI is InChI=1S/C20H20N2O3S/c1-4-9-22-19(24)14-8-7-13(11-15(14)20(22)25)18(23)21-17(12(2)3)16-6-5-10-26-16/h4-8,10-12,17H,1,9H2,2-3H3,(H,21,23). The third-order valence-corrected chi connectivity index (χ3v) is 5.30. The first-order valence-corrected chi connectivity index (χ1v) is 9.27. The molecule has 2 aromatic rings. The second-order valence-electron chi connectivity index (χ2n) is 6.48. The third-order valence-electron chi connectivity index (χ3n) is 4.35. The lowest BCUT2D eigenvalue weighted by Crippen LogP contribution is -2.31. The minimum atomic E-state index is -0.391. The van der Waals surface area contributed by atoms with E-state index in [4.69, 9.17) is 0 Å². The van der Waals surface area contributed by atoms with Crippen molar-refractivity contribution in [3.05, 3.63) is 69.9 Å². The van der Waals surface area contributed by atoms with Crippen molar-refractivity contribution in [2.24, 2.45) is 5.92 Å². The van der Waals surface area contributed by atoms with Gasteiger partial charge in [-0.3, -0.25) is 19.3 Å². The Labute approximate surface area is 156 Å². The molecule has 0 radical (unpaired) electrons. The molecule has 0 saturated heterocycles. The molecular formula is C20H20N2O3S. The van der Waals surface area contributed by atoms with Crippen molar-refractivity contribution in [1.82, 2.24) is 10.2 Å². The maximum Gasteiger partial charge on any atom is 0.261 e. The van der Waals surface area contributed by atoms with E-state index in [2.05, 4.69) is 11.9 Å². The minimum absolute atomic E-state index is 0.106. The average molecular weight is 368 g/mol. The Morgan fingerprint density at radius 2 is 1.96 bits per heavy atom. The van der Waals surface area contributed by atoms with E-state index in [1.54, 1.807) is 23.5 Å². The Morgan fingerprint density at radius 3 is 2.58 bits per heavy atom. The van der Waals surface area contributed by atoms with Gasteiger partial charge in [-0.15, -0.1) is 17.9 Å². The first kappa shape index (κ1) is 18.1. The van der Waals surface area contributed by atoms with Crippen LogP contribution < -0.4 is 5.32 Å². The monoisotopic (exact) mass is 368 g/mol. The SMILES string of the molecule is C=CCN1C(=O)c2ccc(C(=O)NC(c3cccs3)C(C)C)cc2C1=O. The molecule has 6 heteroatoms. The highest BCUT2D eigenvalue weighted by Crippen LogP contribution is 2.27. The second-order valence-corrected chi connectivity index (χ2v) is 7.46. The number of carbonyl (C=O) groups is 3. The molecule has 0 spiro atoms. The summed E-state index contributed by atoms with van der Waals surface area (Å²) in [5, 5.41) is 5.01. The number of fused-ring (bicyclic) bond motifs is 1. The van der Waals surface area contributed by atoms with Gasteiger partial charge in [-0.2, -0.15) is 0 Å². The van der Waals surface area contributed by atoms with Gasteiger partial charge in [0.05, 0.1) is 17.2 Å². The predicted molar refractivity (Wildman–Crippen MR) is 101 cm³/mol. The summed E-state index contributed by atoms with van der Waals surface area (Å²) >= 11 is 1.59. The van der Waals surface area contributed by atoms with Crippen LogP contribution >= 0.6 is 11.3 Å². The van der Waals surface area contributed by atoms with E-state index < -0.39 is 5.91 Å². The molecule has 1 aromatic carbocycles. The number of thiophene rings is 1. The molecule has 3 rings (SSSR count). The molecule has 0 bridgehead atoms. The zero-order valence-corrected chi connectivity index (χ0v) is 15.5. The van der Waals surface area contributed by atoms with E-state index in [-0.39, 0.29) is 35.9 Å². The van der Waals surface area contributed by atoms with Gasteiger partial charge in [0, 0.05) is 17.0 Å². The van der Waals surface area contributed by atoms with Crippen LogP contribution in [0.2, 0.25) is 0 Å². The van der Waals surface area contributed by atoms with E-state index in [1.165, 1.54) is 12.1 Å². The summed E-state index contributed by atoms with van der Waals surface area (Å²) < 4.78 is 0. The fourth-order valence-corrected chi connectivity index (χ4v) is 3.94. The highest BCUT2D eigenvalue weighted by atomic mass is 32.1. The van der Waals surface area contributed by atoms with Crippen LogP contribution in [0.15, 0.2) is 48.4 Å². The van der Waals surface area contributed by atoms with Crippen LogP contribution in [0.25, 0.3) is 0 Å². The molecule has 1 N–H and O–H groups in total. The molecule has 1 aliphatic rings. The molecule has 1 aliphatic heterocycles. The maximum atomic E-state index is 12.7. The van der Waals surface area contributed by atoms with Gasteiger partial charge in [0.25, 0.3) is 17.7 Å². The molecule has 134 valence electrons. The third kappa shape index (κ3) is 3.20. The maximum absolute atomic E-state index is 12.7. The molecule has 0 aliphatic carbocycles. The van der Waals surface area contributed by atoms with Crippen LogP contribution in [0, 0.1) is 5.92 Å². The van der Waals surface area contributed by atoms with E-state index >= 15 is 0 Å². The van der Waals surface area contributed by atoms with Crippen molar-refractivity contribution in [3.63, 3.8) is 0 Å². The lowest BCUT2D eigenvalue weighted by Gasteiger charge is -2.21. The highest BCUT2D eigenvalue weighted by Gasteiger charge is 2.35. The van der Waals surface area contributed by atoms with E-state index in [1.807, 2.05) is 31.4 Å². The fraction of sp³-hybridized carbons (Fsp3) is 0.250. The molecule has 2 heterocycles. The Kier molecular flexibility index (Phi) is 5.04. The topological polar surface area (TPSA) is 66.5 Å². The van der Waals surface area contributed by atoms with Gasteiger partial charge in [0.15, 0.2) is 0 Å². The van der Waals surface area contributed by atoms with Crippen LogP contribution in [0.3, 0.4) is 0 Å². The number of carbonyl (C=O) groups excluding carboxylic acids is 3. The summed E-state index contributed by atoms with van der Waals surface area (Å²) in [6, 6.07) is 8.47. The number of imide groups is 1. The Bertz CT molecular complexity index is 871. The van der Waals surface area contributed by atoms with Crippen molar-refractivity contribution in [2.45, 2.75) is 19.9 Å². The normalized spacial score (nSPS) is 14.5. The lowest BCUT2D eigenvalue weighted by atomic mass is 10.0. The van der Waals surface area contributed by atoms with Crippen molar-refractivity contribution < 1.29 is 14.4 Å². The number of benzene rings is 1. The molecule has 1 atom stereocenters. The molecule has 0 fully saturated rings. The van der Waals surface area contributed by atoms with Crippen LogP contribution in [0.5, 0.6) is 0 Å². The van der Waals surface area contributed by atoms with Crippen LogP contribution in [0.4, 0.5) is 0 Å². The number of hydrogen-bond donors (Lipinski definition) is 1. The average Bonchev–Trinajstić information content (AvgIpc) is 3.23. The molecule has 1 aromatic heterocycles. The van der Waals surface area contributed by atoms with Gasteiger partial charge in [-0.1, -0.05) is 26.0 Å². The zero-order valence-electron chi connectivity index (χ0n) is 14.7. The van der Waals surface area contributed by atoms with Gasteiger partial charge < -0.3 is 5.32 Å². The molecule has 3 amide bonds. The van der Waals surface area contributed by atoms with Gasteiger partial charge in [0.1, 0.15) is 0 Å². The van der Waals surface area contributed by atoms with Crippen LogP contribution in [0.1, 0.15) is 55.8 Å². The predicted octanol–water partition coefficient (Wildman–Crippen LogP) is 3.66. The molecule has 0 saturated carbocycles. The summed E-state index contributed by atoms with van der Waals surface area (Å²) in [6.07, 6.45) is 1.50. The quantitative estimate of drug-likeness (QED) is 0.625. The number of nitrogens with one attached hydrogen (secondary N) is 1.